The van der Waals surface area contributed by atoms with Gasteiger partial charge in [-0.25, -0.2) is 0 Å². The van der Waals surface area contributed by atoms with Crippen LogP contribution in [0.25, 0.3) is 11.1 Å². The van der Waals surface area contributed by atoms with Crippen LogP contribution in [0.15, 0.2) is 54.6 Å². The molecule has 0 saturated heterocycles. The molecule has 3 aromatic carbocycles. The van der Waals surface area contributed by atoms with Crippen LogP contribution in [0.3, 0.4) is 0 Å². The molecule has 0 saturated carbocycles. The van der Waals surface area contributed by atoms with Crippen molar-refractivity contribution in [2.45, 2.75) is 32.5 Å². The smallest absolute Gasteiger partial charge is 0.419 e. The molecule has 178 valence electrons. The van der Waals surface area contributed by atoms with E-state index in [1.54, 1.807) is 12.1 Å². The topological polar surface area (TPSA) is 72.8 Å². The Balaban J connectivity index is 1.77. The number of hydrogen-bond donors (Lipinski definition) is 1. The van der Waals surface area contributed by atoms with E-state index in [1.807, 2.05) is 37.3 Å². The number of phenolic OH excluding ortho intramolecular Hbond substituents is 1. The summed E-state index contributed by atoms with van der Waals surface area (Å²) >= 11 is 0. The van der Waals surface area contributed by atoms with Gasteiger partial charge in [0.25, 0.3) is 0 Å². The van der Waals surface area contributed by atoms with E-state index in [0.29, 0.717) is 5.75 Å². The Hall–Kier alpha value is -3.81. The van der Waals surface area contributed by atoms with E-state index in [0.717, 1.165) is 40.8 Å². The first-order valence-corrected chi connectivity index (χ1v) is 10.5. The second-order valence-corrected chi connectivity index (χ2v) is 7.56. The Bertz CT molecular complexity index is 1180. The quantitative estimate of drug-likeness (QED) is 0.334. The van der Waals surface area contributed by atoms with E-state index in [9.17, 15) is 27.9 Å². The summed E-state index contributed by atoms with van der Waals surface area (Å²) in [6, 6.07) is 14.7. The average molecular weight is 472 g/mol. The Labute approximate surface area is 194 Å². The molecule has 3 aromatic rings. The van der Waals surface area contributed by atoms with Gasteiger partial charge >= 0.3 is 12.1 Å². The van der Waals surface area contributed by atoms with Crippen LogP contribution in [0.4, 0.5) is 13.2 Å². The summed E-state index contributed by atoms with van der Waals surface area (Å²) in [5.41, 5.74) is 2.26. The number of aromatic hydroxyl groups is 1. The van der Waals surface area contributed by atoms with Gasteiger partial charge in [-0.1, -0.05) is 43.3 Å². The molecule has 0 unspecified atom stereocenters. The van der Waals surface area contributed by atoms with Gasteiger partial charge in [0.1, 0.15) is 18.1 Å². The summed E-state index contributed by atoms with van der Waals surface area (Å²) < 4.78 is 49.2. The number of alkyl halides is 3. The van der Waals surface area contributed by atoms with Crippen molar-refractivity contribution in [3.05, 3.63) is 82.4 Å². The van der Waals surface area contributed by atoms with Crippen LogP contribution in [-0.4, -0.2) is 24.5 Å². The van der Waals surface area contributed by atoms with Crippen molar-refractivity contribution in [1.82, 2.24) is 0 Å². The highest BCUT2D eigenvalue weighted by molar-refractivity contribution is 5.82. The Morgan fingerprint density at radius 3 is 2.32 bits per heavy atom. The second kappa shape index (κ2) is 10.4. The fourth-order valence-electron chi connectivity index (χ4n) is 3.60. The first-order valence-electron chi connectivity index (χ1n) is 10.5. The molecule has 1 N–H and O–H groups in total. The first-order chi connectivity index (χ1) is 16.2. The van der Waals surface area contributed by atoms with E-state index in [2.05, 4.69) is 0 Å². The zero-order chi connectivity index (χ0) is 24.9. The SMILES string of the molecule is CCc1cc(CC(=O)OC)ccc1-c1ccc(OCc2ccc(C(F)(F)F)c(O)c2C=O)cc1. The molecule has 0 aliphatic rings. The summed E-state index contributed by atoms with van der Waals surface area (Å²) in [6.45, 7) is 1.82. The lowest BCUT2D eigenvalue weighted by Gasteiger charge is -2.14. The lowest BCUT2D eigenvalue weighted by atomic mass is 9.95. The molecule has 0 atom stereocenters. The summed E-state index contributed by atoms with van der Waals surface area (Å²) in [6.07, 6.45) is -3.64. The van der Waals surface area contributed by atoms with Crippen LogP contribution >= 0.6 is 0 Å². The van der Waals surface area contributed by atoms with Crippen LogP contribution in [0, 0.1) is 0 Å². The second-order valence-electron chi connectivity index (χ2n) is 7.56. The minimum atomic E-state index is -4.77. The predicted molar refractivity (Wildman–Crippen MR) is 120 cm³/mol. The standard InChI is InChI=1S/C26H23F3O5/c1-3-17-12-16(13-24(31)33-2)4-10-21(17)18-5-8-20(9-6-18)34-15-19-7-11-23(26(27,28)29)25(32)22(19)14-30/h4-12,14,32H,3,13,15H2,1-2H3. The van der Waals surface area contributed by atoms with Gasteiger partial charge in [0.05, 0.1) is 24.7 Å². The van der Waals surface area contributed by atoms with Gasteiger partial charge in [-0.05, 0) is 46.9 Å². The largest absolute Gasteiger partial charge is 0.507 e. The van der Waals surface area contributed by atoms with Crippen molar-refractivity contribution >= 4 is 12.3 Å². The maximum absolute atomic E-state index is 12.9. The number of hydrogen-bond acceptors (Lipinski definition) is 5. The summed E-state index contributed by atoms with van der Waals surface area (Å²) in [7, 11) is 1.35. The van der Waals surface area contributed by atoms with Gasteiger partial charge in [0.15, 0.2) is 6.29 Å². The molecule has 34 heavy (non-hydrogen) atoms. The lowest BCUT2D eigenvalue weighted by Crippen LogP contribution is -2.09. The highest BCUT2D eigenvalue weighted by atomic mass is 19.4. The predicted octanol–water partition coefficient (Wildman–Crippen LogP) is 5.75. The minimum absolute atomic E-state index is 0.138. The van der Waals surface area contributed by atoms with Crippen molar-refractivity contribution in [3.63, 3.8) is 0 Å². The van der Waals surface area contributed by atoms with Crippen molar-refractivity contribution in [1.29, 1.82) is 0 Å². The number of benzene rings is 3. The third kappa shape index (κ3) is 5.57. The highest BCUT2D eigenvalue weighted by Gasteiger charge is 2.35. The zero-order valence-corrected chi connectivity index (χ0v) is 18.6. The minimum Gasteiger partial charge on any atom is -0.507 e. The van der Waals surface area contributed by atoms with Crippen LogP contribution in [0.1, 0.15) is 39.5 Å². The van der Waals surface area contributed by atoms with E-state index in [1.165, 1.54) is 7.11 Å². The zero-order valence-electron chi connectivity index (χ0n) is 18.6. The number of rotatable bonds is 8. The number of methoxy groups -OCH3 is 1. The van der Waals surface area contributed by atoms with Crippen molar-refractivity contribution in [2.24, 2.45) is 0 Å². The van der Waals surface area contributed by atoms with Crippen molar-refractivity contribution < 1.29 is 37.3 Å². The molecule has 0 fully saturated rings. The van der Waals surface area contributed by atoms with Gasteiger partial charge in [0, 0.05) is 5.56 Å². The van der Waals surface area contributed by atoms with E-state index < -0.39 is 23.1 Å². The third-order valence-electron chi connectivity index (χ3n) is 5.42. The lowest BCUT2D eigenvalue weighted by molar-refractivity contribution is -0.140. The first kappa shape index (κ1) is 24.8. The van der Waals surface area contributed by atoms with E-state index >= 15 is 0 Å². The number of carbonyl (C=O) groups excluding carboxylic acids is 2. The molecule has 3 rings (SSSR count). The number of carbonyl (C=O) groups is 2. The Morgan fingerprint density at radius 2 is 1.74 bits per heavy atom. The number of aldehydes is 1. The van der Waals surface area contributed by atoms with Gasteiger partial charge < -0.3 is 14.6 Å². The summed E-state index contributed by atoms with van der Waals surface area (Å²) in [5, 5.41) is 9.86. The number of halogens is 3. The average Bonchev–Trinajstić information content (AvgIpc) is 2.82. The molecule has 0 spiro atoms. The normalized spacial score (nSPS) is 11.2. The molecule has 0 aliphatic carbocycles. The molecule has 0 amide bonds. The Kier molecular flexibility index (Phi) is 7.61. The Morgan fingerprint density at radius 1 is 1.03 bits per heavy atom. The molecule has 8 heteroatoms. The van der Waals surface area contributed by atoms with Crippen molar-refractivity contribution in [3.8, 4) is 22.6 Å². The number of ether oxygens (including phenoxy) is 2. The van der Waals surface area contributed by atoms with Gasteiger partial charge in [0.2, 0.25) is 0 Å². The summed E-state index contributed by atoms with van der Waals surface area (Å²) in [4.78, 5) is 22.8. The maximum Gasteiger partial charge on any atom is 0.419 e. The van der Waals surface area contributed by atoms with Gasteiger partial charge in [-0.3, -0.25) is 9.59 Å². The van der Waals surface area contributed by atoms with Crippen LogP contribution in [-0.2, 0) is 35.2 Å². The van der Waals surface area contributed by atoms with E-state index in [4.69, 9.17) is 9.47 Å². The molecule has 0 radical (unpaired) electrons. The van der Waals surface area contributed by atoms with Crippen molar-refractivity contribution in [2.75, 3.05) is 7.11 Å². The fourth-order valence-corrected chi connectivity index (χ4v) is 3.60. The van der Waals surface area contributed by atoms with E-state index in [-0.39, 0.29) is 30.8 Å². The van der Waals surface area contributed by atoms with Gasteiger partial charge in [-0.15, -0.1) is 0 Å². The molecular weight excluding hydrogens is 449 g/mol. The molecule has 0 heterocycles. The molecule has 5 nitrogen and oxygen atoms in total. The van der Waals surface area contributed by atoms with Gasteiger partial charge in [-0.2, -0.15) is 13.2 Å². The van der Waals surface area contributed by atoms with Crippen LogP contribution in [0.2, 0.25) is 0 Å². The fraction of sp³-hybridized carbons (Fsp3) is 0.231. The molecule has 0 aromatic heterocycles. The summed E-state index contributed by atoms with van der Waals surface area (Å²) in [5.74, 6) is -0.975. The maximum atomic E-state index is 12.9. The molecular formula is C26H23F3O5. The third-order valence-corrected chi connectivity index (χ3v) is 5.42. The molecule has 0 aliphatic heterocycles. The highest BCUT2D eigenvalue weighted by Crippen LogP contribution is 2.38. The number of phenols is 1. The number of aryl methyl sites for hydroxylation is 1. The van der Waals surface area contributed by atoms with Crippen LogP contribution in [0.5, 0.6) is 11.5 Å². The van der Waals surface area contributed by atoms with Crippen LogP contribution < -0.4 is 4.74 Å². The number of esters is 1. The monoisotopic (exact) mass is 472 g/mol. The molecule has 0 bridgehead atoms.